The first-order valence-electron chi connectivity index (χ1n) is 9.80. The molecule has 3 N–H and O–H groups in total. The number of guanidine groups is 1. The van der Waals surface area contributed by atoms with E-state index in [1.54, 1.807) is 0 Å². The van der Waals surface area contributed by atoms with Crippen molar-refractivity contribution in [3.05, 3.63) is 29.8 Å². The molecule has 1 saturated heterocycles. The van der Waals surface area contributed by atoms with Crippen LogP contribution in [0, 0.1) is 0 Å². The molecule has 1 fully saturated rings. The topological polar surface area (TPSA) is 103 Å². The van der Waals surface area contributed by atoms with E-state index in [0.29, 0.717) is 32.6 Å². The highest BCUT2D eigenvalue weighted by Crippen LogP contribution is 2.31. The lowest BCUT2D eigenvalue weighted by Crippen LogP contribution is -2.46. The third kappa shape index (κ3) is 5.68. The predicted octanol–water partition coefficient (Wildman–Crippen LogP) is 0.398. The Morgan fingerprint density at radius 1 is 1.25 bits per heavy atom. The minimum absolute atomic E-state index is 0.0249. The number of benzene rings is 1. The molecule has 1 unspecified atom stereocenters. The van der Waals surface area contributed by atoms with Crippen molar-refractivity contribution in [1.29, 1.82) is 0 Å². The Morgan fingerprint density at radius 3 is 2.75 bits per heavy atom. The zero-order valence-corrected chi connectivity index (χ0v) is 17.1. The third-order valence-corrected chi connectivity index (χ3v) is 6.69. The molecule has 0 saturated carbocycles. The summed E-state index contributed by atoms with van der Waals surface area (Å²) in [6.45, 7) is 5.92. The van der Waals surface area contributed by atoms with Gasteiger partial charge in [-0.2, -0.15) is 0 Å². The van der Waals surface area contributed by atoms with Crippen LogP contribution in [0.5, 0.6) is 0 Å². The maximum absolute atomic E-state index is 12.0. The largest absolute Gasteiger partial charge is 0.357 e. The molecule has 2 heterocycles. The lowest BCUT2D eigenvalue weighted by Gasteiger charge is -2.27. The van der Waals surface area contributed by atoms with Crippen LogP contribution < -0.4 is 16.0 Å². The van der Waals surface area contributed by atoms with E-state index < -0.39 is 9.84 Å². The SMILES string of the molecule is CCNC(=NCC1CC(=O)Nc2ccccc21)NCCN1CCS(=O)(=O)CC1. The minimum atomic E-state index is -2.85. The van der Waals surface area contributed by atoms with Gasteiger partial charge in [-0.1, -0.05) is 18.2 Å². The Kier molecular flexibility index (Phi) is 6.90. The van der Waals surface area contributed by atoms with Crippen LogP contribution in [-0.2, 0) is 14.6 Å². The molecule has 0 radical (unpaired) electrons. The average molecular weight is 408 g/mol. The standard InChI is InChI=1S/C19H29N5O3S/c1-2-20-19(21-7-8-24-9-11-28(26,27)12-10-24)22-14-15-13-18(25)23-17-6-4-3-5-16(15)17/h3-6,15H,2,7-14H2,1H3,(H,23,25)(H2,20,21,22). The van der Waals surface area contributed by atoms with E-state index in [1.807, 2.05) is 31.2 Å². The van der Waals surface area contributed by atoms with Crippen LogP contribution in [0.25, 0.3) is 0 Å². The number of anilines is 1. The molecular weight excluding hydrogens is 378 g/mol. The number of para-hydroxylation sites is 1. The van der Waals surface area contributed by atoms with Crippen molar-refractivity contribution in [3.63, 3.8) is 0 Å². The molecule has 3 rings (SSSR count). The van der Waals surface area contributed by atoms with Crippen LogP contribution >= 0.6 is 0 Å². The molecule has 0 aromatic heterocycles. The molecule has 0 aliphatic carbocycles. The maximum Gasteiger partial charge on any atom is 0.225 e. The van der Waals surface area contributed by atoms with Gasteiger partial charge in [0.15, 0.2) is 15.8 Å². The van der Waals surface area contributed by atoms with E-state index >= 15 is 0 Å². The summed E-state index contributed by atoms with van der Waals surface area (Å²) in [5, 5.41) is 9.45. The number of fused-ring (bicyclic) bond motifs is 1. The molecule has 9 heteroatoms. The van der Waals surface area contributed by atoms with Crippen molar-refractivity contribution in [2.24, 2.45) is 4.99 Å². The van der Waals surface area contributed by atoms with E-state index in [9.17, 15) is 13.2 Å². The molecular formula is C19H29N5O3S. The van der Waals surface area contributed by atoms with Gasteiger partial charge in [0.1, 0.15) is 0 Å². The van der Waals surface area contributed by atoms with Gasteiger partial charge in [-0.15, -0.1) is 0 Å². The number of carbonyl (C=O) groups is 1. The number of hydrogen-bond acceptors (Lipinski definition) is 5. The van der Waals surface area contributed by atoms with Crippen molar-refractivity contribution in [1.82, 2.24) is 15.5 Å². The van der Waals surface area contributed by atoms with E-state index in [1.165, 1.54) is 0 Å². The first-order valence-corrected chi connectivity index (χ1v) is 11.6. The normalized spacial score (nSPS) is 22.2. The summed E-state index contributed by atoms with van der Waals surface area (Å²) in [7, 11) is -2.85. The van der Waals surface area contributed by atoms with E-state index in [2.05, 4.69) is 25.8 Å². The van der Waals surface area contributed by atoms with Gasteiger partial charge < -0.3 is 16.0 Å². The summed E-state index contributed by atoms with van der Waals surface area (Å²) in [4.78, 5) is 18.8. The van der Waals surface area contributed by atoms with Crippen molar-refractivity contribution in [2.75, 3.05) is 56.1 Å². The lowest BCUT2D eigenvalue weighted by atomic mass is 9.91. The Hall–Kier alpha value is -2.13. The quantitative estimate of drug-likeness (QED) is 0.466. The molecule has 0 bridgehead atoms. The zero-order chi connectivity index (χ0) is 20.0. The number of aliphatic imine (C=N–C) groups is 1. The summed E-state index contributed by atoms with van der Waals surface area (Å²) in [5.41, 5.74) is 1.99. The number of carbonyl (C=O) groups excluding carboxylic acids is 1. The summed E-state index contributed by atoms with van der Waals surface area (Å²) < 4.78 is 23.0. The smallest absolute Gasteiger partial charge is 0.225 e. The number of rotatable bonds is 6. The van der Waals surface area contributed by atoms with Crippen molar-refractivity contribution in [2.45, 2.75) is 19.3 Å². The highest BCUT2D eigenvalue weighted by atomic mass is 32.2. The van der Waals surface area contributed by atoms with Crippen LogP contribution in [-0.4, -0.2) is 76.0 Å². The fraction of sp³-hybridized carbons (Fsp3) is 0.579. The molecule has 1 atom stereocenters. The second kappa shape index (κ2) is 9.38. The van der Waals surface area contributed by atoms with Gasteiger partial charge in [0, 0.05) is 50.7 Å². The van der Waals surface area contributed by atoms with Crippen molar-refractivity contribution < 1.29 is 13.2 Å². The van der Waals surface area contributed by atoms with E-state index in [0.717, 1.165) is 30.3 Å². The Balaban J connectivity index is 1.54. The van der Waals surface area contributed by atoms with Crippen LogP contribution in [0.15, 0.2) is 29.3 Å². The summed E-state index contributed by atoms with van der Waals surface area (Å²) >= 11 is 0. The zero-order valence-electron chi connectivity index (χ0n) is 16.3. The average Bonchev–Trinajstić information content (AvgIpc) is 2.67. The van der Waals surface area contributed by atoms with Crippen LogP contribution in [0.1, 0.15) is 24.8 Å². The second-order valence-corrected chi connectivity index (χ2v) is 9.48. The van der Waals surface area contributed by atoms with E-state index in [-0.39, 0.29) is 23.3 Å². The molecule has 2 aliphatic heterocycles. The first-order chi connectivity index (χ1) is 13.5. The van der Waals surface area contributed by atoms with E-state index in [4.69, 9.17) is 0 Å². The molecule has 28 heavy (non-hydrogen) atoms. The number of sulfone groups is 1. The van der Waals surface area contributed by atoms with Gasteiger partial charge in [-0.05, 0) is 18.6 Å². The molecule has 1 amide bonds. The summed E-state index contributed by atoms with van der Waals surface area (Å²) in [6, 6.07) is 7.86. The number of hydrogen-bond donors (Lipinski definition) is 3. The van der Waals surface area contributed by atoms with Crippen LogP contribution in [0.2, 0.25) is 0 Å². The predicted molar refractivity (Wildman–Crippen MR) is 112 cm³/mol. The van der Waals surface area contributed by atoms with Gasteiger partial charge >= 0.3 is 0 Å². The van der Waals surface area contributed by atoms with Gasteiger partial charge in [0.05, 0.1) is 18.1 Å². The van der Waals surface area contributed by atoms with Gasteiger partial charge in [0.25, 0.3) is 0 Å². The van der Waals surface area contributed by atoms with Crippen LogP contribution in [0.4, 0.5) is 5.69 Å². The maximum atomic E-state index is 12.0. The third-order valence-electron chi connectivity index (χ3n) is 5.08. The van der Waals surface area contributed by atoms with Gasteiger partial charge in [-0.25, -0.2) is 8.42 Å². The lowest BCUT2D eigenvalue weighted by molar-refractivity contribution is -0.116. The Labute approximate surface area is 166 Å². The molecule has 1 aromatic rings. The molecule has 154 valence electrons. The van der Waals surface area contributed by atoms with Gasteiger partial charge in [-0.3, -0.25) is 14.7 Å². The number of nitrogens with zero attached hydrogens (tertiary/aromatic N) is 2. The minimum Gasteiger partial charge on any atom is -0.357 e. The number of nitrogens with one attached hydrogen (secondary N) is 3. The highest BCUT2D eigenvalue weighted by molar-refractivity contribution is 7.91. The Morgan fingerprint density at radius 2 is 2.00 bits per heavy atom. The molecule has 2 aliphatic rings. The van der Waals surface area contributed by atoms with Crippen LogP contribution in [0.3, 0.4) is 0 Å². The highest BCUT2D eigenvalue weighted by Gasteiger charge is 2.24. The monoisotopic (exact) mass is 407 g/mol. The number of amides is 1. The summed E-state index contributed by atoms with van der Waals surface area (Å²) in [6.07, 6.45) is 0.433. The van der Waals surface area contributed by atoms with Gasteiger partial charge in [0.2, 0.25) is 5.91 Å². The van der Waals surface area contributed by atoms with Crippen molar-refractivity contribution >= 4 is 27.4 Å². The fourth-order valence-corrected chi connectivity index (χ4v) is 4.79. The first kappa shape index (κ1) is 20.6. The van der Waals surface area contributed by atoms with Crippen molar-refractivity contribution in [3.8, 4) is 0 Å². The molecule has 0 spiro atoms. The fourth-order valence-electron chi connectivity index (χ4n) is 3.51. The molecule has 8 nitrogen and oxygen atoms in total. The summed E-state index contributed by atoms with van der Waals surface area (Å²) in [5.74, 6) is 1.29. The molecule has 1 aromatic carbocycles. The Bertz CT molecular complexity index is 811. The second-order valence-electron chi connectivity index (χ2n) is 7.18.